The Bertz CT molecular complexity index is 1000. The van der Waals surface area contributed by atoms with Crippen molar-refractivity contribution in [3.8, 4) is 16.9 Å². The van der Waals surface area contributed by atoms with E-state index in [0.717, 1.165) is 6.07 Å². The zero-order valence-corrected chi connectivity index (χ0v) is 16.3. The summed E-state index contributed by atoms with van der Waals surface area (Å²) < 4.78 is 69.9. The first-order valence-electron chi connectivity index (χ1n) is 8.00. The Balaban J connectivity index is 2.69. The van der Waals surface area contributed by atoms with Gasteiger partial charge >= 0.3 is 12.1 Å². The van der Waals surface area contributed by atoms with Crippen LogP contribution in [-0.2, 0) is 20.8 Å². The molecule has 0 amide bonds. The van der Waals surface area contributed by atoms with Crippen molar-refractivity contribution in [3.63, 3.8) is 0 Å². The lowest BCUT2D eigenvalue weighted by molar-refractivity contribution is -0.144. The molecule has 0 saturated heterocycles. The summed E-state index contributed by atoms with van der Waals surface area (Å²) in [6, 6.07) is 6.81. The Morgan fingerprint density at radius 3 is 2.39 bits per heavy atom. The Hall–Kier alpha value is -2.26. The normalized spacial score (nSPS) is 13.2. The van der Waals surface area contributed by atoms with Crippen molar-refractivity contribution < 1.29 is 36.2 Å². The summed E-state index contributed by atoms with van der Waals surface area (Å²) in [5.41, 5.74) is -1.23. The minimum absolute atomic E-state index is 0.00137. The average Bonchev–Trinajstić information content (AvgIpc) is 2.61. The van der Waals surface area contributed by atoms with Gasteiger partial charge in [-0.15, -0.1) is 0 Å². The van der Waals surface area contributed by atoms with Gasteiger partial charge in [-0.2, -0.15) is 13.2 Å². The summed E-state index contributed by atoms with van der Waals surface area (Å²) in [6.45, 7) is 2.51. The average molecular weight is 437 g/mol. The lowest BCUT2D eigenvalue weighted by Gasteiger charge is -2.18. The van der Waals surface area contributed by atoms with Crippen molar-refractivity contribution in [3.05, 3.63) is 47.0 Å². The molecule has 5 nitrogen and oxygen atoms in total. The number of hydrogen-bond acceptors (Lipinski definition) is 4. The molecule has 1 N–H and O–H groups in total. The molecule has 1 unspecified atom stereocenters. The van der Waals surface area contributed by atoms with Crippen molar-refractivity contribution in [2.75, 3.05) is 5.75 Å². The second kappa shape index (κ2) is 8.00. The lowest BCUT2D eigenvalue weighted by atomic mass is 10.0. The van der Waals surface area contributed by atoms with E-state index in [1.165, 1.54) is 38.1 Å². The van der Waals surface area contributed by atoms with Crippen LogP contribution in [0.4, 0.5) is 13.2 Å². The second-order valence-corrected chi connectivity index (χ2v) is 8.53. The van der Waals surface area contributed by atoms with Crippen molar-refractivity contribution in [2.24, 2.45) is 0 Å². The molecule has 0 aliphatic heterocycles. The van der Waals surface area contributed by atoms with Gasteiger partial charge in [-0.3, -0.25) is 0 Å². The number of carbonyl (C=O) groups is 1. The van der Waals surface area contributed by atoms with Gasteiger partial charge in [-0.1, -0.05) is 24.6 Å². The fourth-order valence-electron chi connectivity index (χ4n) is 2.42. The zero-order chi connectivity index (χ0) is 21.3. The van der Waals surface area contributed by atoms with E-state index in [9.17, 15) is 26.4 Å². The van der Waals surface area contributed by atoms with Crippen LogP contribution in [0.15, 0.2) is 41.3 Å². The molecule has 0 heterocycles. The van der Waals surface area contributed by atoms with Crippen LogP contribution < -0.4 is 4.74 Å². The smallest absolute Gasteiger partial charge is 0.417 e. The highest BCUT2D eigenvalue weighted by molar-refractivity contribution is 7.91. The van der Waals surface area contributed by atoms with Crippen LogP contribution in [0.3, 0.4) is 0 Å². The Morgan fingerprint density at radius 2 is 1.86 bits per heavy atom. The van der Waals surface area contributed by atoms with E-state index < -0.39 is 44.3 Å². The number of alkyl halides is 3. The summed E-state index contributed by atoms with van der Waals surface area (Å²) >= 11 is 5.93. The van der Waals surface area contributed by atoms with Crippen LogP contribution in [-0.4, -0.2) is 31.4 Å². The van der Waals surface area contributed by atoms with Gasteiger partial charge in [0.05, 0.1) is 16.2 Å². The highest BCUT2D eigenvalue weighted by Gasteiger charge is 2.37. The molecule has 0 radical (unpaired) electrons. The number of rotatable bonds is 6. The van der Waals surface area contributed by atoms with Gasteiger partial charge in [0.25, 0.3) is 0 Å². The minimum Gasteiger partial charge on any atom is -0.479 e. The number of ether oxygens (including phenoxy) is 1. The standard InChI is InChI=1S/C18H16ClF3O5S/c1-3-28(25,26)16-7-4-11(8-14(16)18(20,21)22)13-9-12(19)5-6-15(13)27-10(2)17(23)24/h4-10H,3H2,1-2H3,(H,23,24). The summed E-state index contributed by atoms with van der Waals surface area (Å²) in [7, 11) is -4.11. The quantitative estimate of drug-likeness (QED) is 0.711. The van der Waals surface area contributed by atoms with E-state index in [1.807, 2.05) is 0 Å². The molecule has 2 aromatic carbocycles. The summed E-state index contributed by atoms with van der Waals surface area (Å²) in [6.07, 6.45) is -6.18. The van der Waals surface area contributed by atoms with E-state index in [4.69, 9.17) is 21.4 Å². The first-order chi connectivity index (χ1) is 12.9. The zero-order valence-electron chi connectivity index (χ0n) is 14.7. The molecule has 0 aromatic heterocycles. The lowest BCUT2D eigenvalue weighted by Crippen LogP contribution is -2.23. The van der Waals surface area contributed by atoms with Gasteiger partial charge in [-0.25, -0.2) is 13.2 Å². The van der Waals surface area contributed by atoms with E-state index in [2.05, 4.69) is 0 Å². The Kier molecular flexibility index (Phi) is 6.30. The molecule has 0 fully saturated rings. The highest BCUT2D eigenvalue weighted by Crippen LogP contribution is 2.40. The predicted octanol–water partition coefficient (Wildman–Crippen LogP) is 4.67. The highest BCUT2D eigenvalue weighted by atomic mass is 35.5. The second-order valence-electron chi connectivity index (χ2n) is 5.85. The number of carboxylic acids is 1. The SMILES string of the molecule is CCS(=O)(=O)c1ccc(-c2cc(Cl)ccc2OC(C)C(=O)O)cc1C(F)(F)F. The molecule has 2 aromatic rings. The Labute approximate surface area is 164 Å². The van der Waals surface area contributed by atoms with Crippen LogP contribution in [0.1, 0.15) is 19.4 Å². The molecule has 28 heavy (non-hydrogen) atoms. The molecule has 0 aliphatic carbocycles. The van der Waals surface area contributed by atoms with Gasteiger partial charge in [0.15, 0.2) is 15.9 Å². The topological polar surface area (TPSA) is 80.7 Å². The number of aliphatic carboxylic acids is 1. The number of hydrogen-bond donors (Lipinski definition) is 1. The first kappa shape index (κ1) is 22.0. The Morgan fingerprint density at radius 1 is 1.21 bits per heavy atom. The molecule has 152 valence electrons. The predicted molar refractivity (Wildman–Crippen MR) is 97.3 cm³/mol. The van der Waals surface area contributed by atoms with Gasteiger partial charge in [-0.05, 0) is 42.8 Å². The van der Waals surface area contributed by atoms with Crippen molar-refractivity contribution in [1.82, 2.24) is 0 Å². The van der Waals surface area contributed by atoms with Gasteiger partial charge in [0.2, 0.25) is 0 Å². The minimum atomic E-state index is -4.92. The number of sulfone groups is 1. The number of halogens is 4. The van der Waals surface area contributed by atoms with Gasteiger partial charge in [0, 0.05) is 10.6 Å². The molecule has 10 heteroatoms. The summed E-state index contributed by atoms with van der Waals surface area (Å²) in [5, 5.41) is 9.18. The molecule has 2 rings (SSSR count). The van der Waals surface area contributed by atoms with Crippen LogP contribution in [0, 0.1) is 0 Å². The van der Waals surface area contributed by atoms with Crippen molar-refractivity contribution in [1.29, 1.82) is 0 Å². The van der Waals surface area contributed by atoms with Crippen molar-refractivity contribution in [2.45, 2.75) is 31.0 Å². The summed E-state index contributed by atoms with van der Waals surface area (Å²) in [5.74, 6) is -1.75. The monoisotopic (exact) mass is 436 g/mol. The fourth-order valence-corrected chi connectivity index (χ4v) is 3.69. The number of benzene rings is 2. The molecule has 0 aliphatic rings. The molecule has 0 saturated carbocycles. The molecule has 1 atom stereocenters. The van der Waals surface area contributed by atoms with Crippen LogP contribution in [0.5, 0.6) is 5.75 Å². The van der Waals surface area contributed by atoms with E-state index in [1.54, 1.807) is 0 Å². The summed E-state index contributed by atoms with van der Waals surface area (Å²) in [4.78, 5) is 10.2. The maximum absolute atomic E-state index is 13.5. The van der Waals surface area contributed by atoms with Crippen LogP contribution in [0.25, 0.3) is 11.1 Å². The molecular formula is C18H16ClF3O5S. The molecule has 0 spiro atoms. The largest absolute Gasteiger partial charge is 0.479 e. The van der Waals surface area contributed by atoms with Gasteiger partial charge < -0.3 is 9.84 Å². The van der Waals surface area contributed by atoms with Crippen LogP contribution in [0.2, 0.25) is 5.02 Å². The number of carboxylic acid groups (broad SMARTS) is 1. The first-order valence-corrected chi connectivity index (χ1v) is 10.0. The van der Waals surface area contributed by atoms with E-state index in [0.29, 0.717) is 6.07 Å². The third kappa shape index (κ3) is 4.77. The third-order valence-electron chi connectivity index (χ3n) is 3.90. The molecular weight excluding hydrogens is 421 g/mol. The van der Waals surface area contributed by atoms with Gasteiger partial charge in [0.1, 0.15) is 5.75 Å². The third-order valence-corrected chi connectivity index (χ3v) is 5.93. The van der Waals surface area contributed by atoms with E-state index >= 15 is 0 Å². The van der Waals surface area contributed by atoms with Crippen molar-refractivity contribution >= 4 is 27.4 Å². The maximum atomic E-state index is 13.5. The van der Waals surface area contributed by atoms with Crippen LogP contribution >= 0.6 is 11.6 Å². The van der Waals surface area contributed by atoms with E-state index in [-0.39, 0.29) is 21.9 Å². The molecule has 0 bridgehead atoms. The maximum Gasteiger partial charge on any atom is 0.417 e. The fraction of sp³-hybridized carbons (Fsp3) is 0.278.